The Morgan fingerprint density at radius 3 is 1.25 bits per heavy atom. The molecule has 0 fully saturated rings. The summed E-state index contributed by atoms with van der Waals surface area (Å²) in [5.41, 5.74) is -0.558. The van der Waals surface area contributed by atoms with Gasteiger partial charge in [0.1, 0.15) is 11.3 Å². The predicted molar refractivity (Wildman–Crippen MR) is 93.3 cm³/mol. The summed E-state index contributed by atoms with van der Waals surface area (Å²) < 4.78 is 0. The van der Waals surface area contributed by atoms with Crippen molar-refractivity contribution in [2.24, 2.45) is 10.2 Å². The Balaban J connectivity index is -0.00000144. The molecule has 0 radical (unpaired) electrons. The number of azo groups is 1. The van der Waals surface area contributed by atoms with Crippen molar-refractivity contribution in [1.82, 2.24) is 10.6 Å². The highest BCUT2D eigenvalue weighted by atomic mass is 35.5. The van der Waals surface area contributed by atoms with Gasteiger partial charge in [0.05, 0.1) is 0 Å². The van der Waals surface area contributed by atoms with Crippen LogP contribution in [-0.2, 0) is 0 Å². The maximum Gasteiger partial charge on any atom is 0.126 e. The zero-order valence-corrected chi connectivity index (χ0v) is 15.6. The van der Waals surface area contributed by atoms with Crippen molar-refractivity contribution < 1.29 is 0 Å². The second-order valence-corrected chi connectivity index (χ2v) is 5.88. The Kier molecular flexibility index (Phi) is 16.1. The summed E-state index contributed by atoms with van der Waals surface area (Å²) in [6.07, 6.45) is 4.75. The minimum atomic E-state index is -0.279. The summed E-state index contributed by atoms with van der Waals surface area (Å²) in [5.74, 6) is 0. The van der Waals surface area contributed by atoms with Gasteiger partial charge in [0, 0.05) is 0 Å². The van der Waals surface area contributed by atoms with Crippen molar-refractivity contribution in [3.63, 3.8) is 0 Å². The Hall–Kier alpha value is 0.1000. The Morgan fingerprint density at radius 2 is 1.00 bits per heavy atom. The molecule has 0 aliphatic heterocycles. The van der Waals surface area contributed by atoms with Crippen molar-refractivity contribution in [3.05, 3.63) is 0 Å². The van der Waals surface area contributed by atoms with E-state index in [1.54, 1.807) is 0 Å². The topological polar surface area (TPSA) is 48.8 Å². The van der Waals surface area contributed by atoms with Crippen LogP contribution in [0.2, 0.25) is 0 Å². The molecule has 2 N–H and O–H groups in total. The summed E-state index contributed by atoms with van der Waals surface area (Å²) >= 11 is 0. The van der Waals surface area contributed by atoms with Gasteiger partial charge in [-0.3, -0.25) is 10.6 Å². The fourth-order valence-electron chi connectivity index (χ4n) is 1.46. The number of hydrogen-bond acceptors (Lipinski definition) is 4. The lowest BCUT2D eigenvalue weighted by atomic mass is 10.2. The minimum Gasteiger partial charge on any atom is -0.292 e. The highest BCUT2D eigenvalue weighted by molar-refractivity contribution is 5.85. The molecule has 0 aromatic carbocycles. The summed E-state index contributed by atoms with van der Waals surface area (Å²) in [7, 11) is 0. The number of nitrogens with one attached hydrogen (secondary N) is 2. The lowest BCUT2D eigenvalue weighted by Crippen LogP contribution is -2.41. The number of rotatable bonds is 10. The fourth-order valence-corrected chi connectivity index (χ4v) is 1.46. The maximum atomic E-state index is 4.43. The number of unbranched alkanes of at least 4 members (excludes halogenated alkanes) is 2. The minimum absolute atomic E-state index is 0. The summed E-state index contributed by atoms with van der Waals surface area (Å²) in [6, 6.07) is 0. The molecule has 0 spiro atoms. The Bertz CT molecular complexity index is 219. The van der Waals surface area contributed by atoms with Crippen LogP contribution in [0.5, 0.6) is 0 Å². The van der Waals surface area contributed by atoms with E-state index >= 15 is 0 Å². The molecule has 0 aromatic rings. The molecule has 0 saturated carbocycles. The Morgan fingerprint density at radius 1 is 0.700 bits per heavy atom. The molecule has 0 saturated heterocycles. The molecular weight excluding hydrogens is 295 g/mol. The quantitative estimate of drug-likeness (QED) is 0.457. The average Bonchev–Trinajstić information content (AvgIpc) is 2.27. The van der Waals surface area contributed by atoms with Crippen LogP contribution < -0.4 is 10.6 Å². The van der Waals surface area contributed by atoms with Crippen LogP contribution >= 0.6 is 24.8 Å². The maximum absolute atomic E-state index is 4.43. The van der Waals surface area contributed by atoms with Gasteiger partial charge in [0.15, 0.2) is 0 Å². The normalized spacial score (nSPS) is 12.1. The highest BCUT2D eigenvalue weighted by Crippen LogP contribution is 2.11. The van der Waals surface area contributed by atoms with Crippen molar-refractivity contribution in [2.45, 2.75) is 78.6 Å². The third kappa shape index (κ3) is 14.5. The van der Waals surface area contributed by atoms with Crippen LogP contribution in [0.4, 0.5) is 0 Å². The van der Waals surface area contributed by atoms with Gasteiger partial charge < -0.3 is 0 Å². The van der Waals surface area contributed by atoms with Gasteiger partial charge in [-0.15, -0.1) is 24.8 Å². The molecule has 0 amide bonds. The third-order valence-corrected chi connectivity index (χ3v) is 2.73. The molecular formula is C14H34Cl2N4. The van der Waals surface area contributed by atoms with Crippen molar-refractivity contribution in [1.29, 1.82) is 0 Å². The molecule has 0 aromatic heterocycles. The molecule has 0 unspecified atom stereocenters. The van der Waals surface area contributed by atoms with Crippen molar-refractivity contribution in [2.75, 3.05) is 13.1 Å². The first-order valence-corrected chi connectivity index (χ1v) is 7.27. The molecule has 0 aliphatic rings. The summed E-state index contributed by atoms with van der Waals surface area (Å²) in [6.45, 7) is 14.6. The van der Waals surface area contributed by atoms with Crippen LogP contribution in [-0.4, -0.2) is 24.4 Å². The lowest BCUT2D eigenvalue weighted by Gasteiger charge is -2.25. The first-order chi connectivity index (χ1) is 8.33. The number of hydrogen-bond donors (Lipinski definition) is 2. The second-order valence-electron chi connectivity index (χ2n) is 5.88. The van der Waals surface area contributed by atoms with Crippen molar-refractivity contribution >= 4 is 24.8 Å². The SMILES string of the molecule is CCCCNC(C)(C)/N=N/C(C)(C)NCCCC.Cl.Cl. The monoisotopic (exact) mass is 328 g/mol. The fraction of sp³-hybridized carbons (Fsp3) is 1.00. The van der Waals surface area contributed by atoms with E-state index in [2.05, 4.69) is 62.4 Å². The first kappa shape index (κ1) is 25.1. The molecule has 4 nitrogen and oxygen atoms in total. The van der Waals surface area contributed by atoms with Crippen LogP contribution in [0.25, 0.3) is 0 Å². The summed E-state index contributed by atoms with van der Waals surface area (Å²) in [4.78, 5) is 0. The van der Waals surface area contributed by atoms with E-state index in [1.807, 2.05) is 0 Å². The van der Waals surface area contributed by atoms with Gasteiger partial charge in [-0.25, -0.2) is 0 Å². The lowest BCUT2D eigenvalue weighted by molar-refractivity contribution is 0.325. The Labute approximate surface area is 137 Å². The number of halogens is 2. The van der Waals surface area contributed by atoms with Gasteiger partial charge >= 0.3 is 0 Å². The van der Waals surface area contributed by atoms with Gasteiger partial charge in [-0.05, 0) is 53.6 Å². The predicted octanol–water partition coefficient (Wildman–Crippen LogP) is 4.53. The molecule has 0 aliphatic carbocycles. The van der Waals surface area contributed by atoms with Crippen molar-refractivity contribution in [3.8, 4) is 0 Å². The zero-order valence-electron chi connectivity index (χ0n) is 14.0. The molecule has 20 heavy (non-hydrogen) atoms. The van der Waals surface area contributed by atoms with E-state index < -0.39 is 0 Å². The van der Waals surface area contributed by atoms with Crippen LogP contribution in [0.15, 0.2) is 10.2 Å². The second kappa shape index (κ2) is 12.8. The largest absolute Gasteiger partial charge is 0.292 e. The average molecular weight is 329 g/mol. The van der Waals surface area contributed by atoms with Crippen LogP contribution in [0.3, 0.4) is 0 Å². The zero-order chi connectivity index (χ0) is 14.1. The van der Waals surface area contributed by atoms with Gasteiger partial charge in [-0.1, -0.05) is 26.7 Å². The third-order valence-electron chi connectivity index (χ3n) is 2.73. The summed E-state index contributed by atoms with van der Waals surface area (Å²) in [5, 5.41) is 15.7. The first-order valence-electron chi connectivity index (χ1n) is 7.27. The highest BCUT2D eigenvalue weighted by Gasteiger charge is 2.19. The van der Waals surface area contributed by atoms with E-state index in [-0.39, 0.29) is 36.1 Å². The van der Waals surface area contributed by atoms with E-state index in [1.165, 1.54) is 25.7 Å². The number of nitrogens with zero attached hydrogens (tertiary/aromatic N) is 2. The van der Waals surface area contributed by atoms with Crippen LogP contribution in [0.1, 0.15) is 67.2 Å². The van der Waals surface area contributed by atoms with E-state index in [4.69, 9.17) is 0 Å². The molecule has 0 atom stereocenters. The smallest absolute Gasteiger partial charge is 0.126 e. The van der Waals surface area contributed by atoms with Gasteiger partial charge in [0.25, 0.3) is 0 Å². The molecule has 0 heterocycles. The van der Waals surface area contributed by atoms with Gasteiger partial charge in [-0.2, -0.15) is 10.2 Å². The molecule has 124 valence electrons. The van der Waals surface area contributed by atoms with E-state index in [0.717, 1.165) is 13.1 Å². The van der Waals surface area contributed by atoms with E-state index in [0.29, 0.717) is 0 Å². The standard InChI is InChI=1S/C14H32N4.2ClH/c1-7-9-11-15-13(3,4)17-18-14(5,6)16-12-10-8-2;;/h15-16H,7-12H2,1-6H3;2*1H/b18-17+;;. The molecule has 0 rings (SSSR count). The van der Waals surface area contributed by atoms with Crippen LogP contribution in [0, 0.1) is 0 Å². The molecule has 6 heteroatoms. The van der Waals surface area contributed by atoms with Gasteiger partial charge in [0.2, 0.25) is 0 Å². The van der Waals surface area contributed by atoms with E-state index in [9.17, 15) is 0 Å². The molecule has 0 bridgehead atoms.